The number of benzene rings is 3. The van der Waals surface area contributed by atoms with Crippen LogP contribution < -0.4 is 10.1 Å². The van der Waals surface area contributed by atoms with Crippen molar-refractivity contribution in [3.63, 3.8) is 0 Å². The second kappa shape index (κ2) is 13.0. The zero-order valence-corrected chi connectivity index (χ0v) is 21.3. The van der Waals surface area contributed by atoms with Gasteiger partial charge in [-0.3, -0.25) is 9.59 Å². The molecule has 3 aromatic carbocycles. The van der Waals surface area contributed by atoms with E-state index in [0.29, 0.717) is 17.2 Å². The Labute approximate surface area is 213 Å². The summed E-state index contributed by atoms with van der Waals surface area (Å²) < 4.78 is 5.80. The van der Waals surface area contributed by atoms with Gasteiger partial charge in [0.05, 0.1) is 0 Å². The van der Waals surface area contributed by atoms with E-state index in [1.165, 1.54) is 0 Å². The molecule has 35 heavy (non-hydrogen) atoms. The number of hydrogen-bond donors (Lipinski definition) is 1. The SMILES string of the molecule is CCC(C)NC(=O)C(Cc1ccccc1)N(Cc1cccc(Cl)c1)C(=O)COc1ccc(C)cc1. The molecule has 3 aromatic rings. The normalized spacial score (nSPS) is 12.5. The van der Waals surface area contributed by atoms with Crippen molar-refractivity contribution in [3.05, 3.63) is 101 Å². The van der Waals surface area contributed by atoms with Crippen LogP contribution in [0.15, 0.2) is 78.9 Å². The Bertz CT molecular complexity index is 1100. The molecule has 0 spiro atoms. The number of amides is 2. The maximum Gasteiger partial charge on any atom is 0.261 e. The fourth-order valence-electron chi connectivity index (χ4n) is 3.69. The molecule has 0 aliphatic carbocycles. The molecule has 5 nitrogen and oxygen atoms in total. The smallest absolute Gasteiger partial charge is 0.261 e. The Morgan fingerprint density at radius 2 is 1.66 bits per heavy atom. The third-order valence-electron chi connectivity index (χ3n) is 5.90. The lowest BCUT2D eigenvalue weighted by molar-refractivity contribution is -0.143. The molecule has 0 saturated heterocycles. The van der Waals surface area contributed by atoms with E-state index < -0.39 is 6.04 Å². The summed E-state index contributed by atoms with van der Waals surface area (Å²) in [6.07, 6.45) is 1.18. The fourth-order valence-corrected chi connectivity index (χ4v) is 3.90. The summed E-state index contributed by atoms with van der Waals surface area (Å²) in [6.45, 7) is 6.03. The molecule has 184 valence electrons. The van der Waals surface area contributed by atoms with Gasteiger partial charge >= 0.3 is 0 Å². The molecule has 2 atom stereocenters. The number of halogens is 1. The van der Waals surface area contributed by atoms with Gasteiger partial charge in [0.25, 0.3) is 5.91 Å². The van der Waals surface area contributed by atoms with Crippen molar-refractivity contribution < 1.29 is 14.3 Å². The maximum absolute atomic E-state index is 13.6. The predicted octanol–water partition coefficient (Wildman–Crippen LogP) is 5.58. The van der Waals surface area contributed by atoms with Crippen molar-refractivity contribution >= 4 is 23.4 Å². The van der Waals surface area contributed by atoms with Crippen molar-refractivity contribution in [1.29, 1.82) is 0 Å². The minimum absolute atomic E-state index is 0.00676. The van der Waals surface area contributed by atoms with E-state index in [4.69, 9.17) is 16.3 Å². The van der Waals surface area contributed by atoms with Crippen LogP contribution in [0.2, 0.25) is 5.02 Å². The standard InChI is InChI=1S/C29H33ClN2O3/c1-4-22(3)31-29(34)27(18-23-9-6-5-7-10-23)32(19-24-11-8-12-25(30)17-24)28(33)20-35-26-15-13-21(2)14-16-26/h5-17,22,27H,4,18-20H2,1-3H3,(H,31,34). The molecule has 3 rings (SSSR count). The zero-order valence-electron chi connectivity index (χ0n) is 20.5. The first kappa shape index (κ1) is 26.3. The average Bonchev–Trinajstić information content (AvgIpc) is 2.86. The van der Waals surface area contributed by atoms with Gasteiger partial charge in [-0.05, 0) is 55.7 Å². The Morgan fingerprint density at radius 1 is 0.971 bits per heavy atom. The van der Waals surface area contributed by atoms with Crippen LogP contribution >= 0.6 is 11.6 Å². The van der Waals surface area contributed by atoms with Gasteiger partial charge in [0, 0.05) is 24.0 Å². The summed E-state index contributed by atoms with van der Waals surface area (Å²) >= 11 is 6.21. The Balaban J connectivity index is 1.90. The summed E-state index contributed by atoms with van der Waals surface area (Å²) in [7, 11) is 0. The van der Waals surface area contributed by atoms with E-state index >= 15 is 0 Å². The Morgan fingerprint density at radius 3 is 2.31 bits per heavy atom. The van der Waals surface area contributed by atoms with Crippen LogP contribution in [0.5, 0.6) is 5.75 Å². The number of nitrogens with one attached hydrogen (secondary N) is 1. The maximum atomic E-state index is 13.6. The number of hydrogen-bond acceptors (Lipinski definition) is 3. The minimum Gasteiger partial charge on any atom is -0.484 e. The van der Waals surface area contributed by atoms with E-state index in [0.717, 1.165) is 23.1 Å². The lowest BCUT2D eigenvalue weighted by atomic mass is 10.0. The van der Waals surface area contributed by atoms with Crippen molar-refractivity contribution in [2.45, 2.75) is 52.2 Å². The van der Waals surface area contributed by atoms with Crippen LogP contribution in [0, 0.1) is 6.92 Å². The van der Waals surface area contributed by atoms with E-state index in [2.05, 4.69) is 5.32 Å². The Hall–Kier alpha value is -3.31. The van der Waals surface area contributed by atoms with Crippen LogP contribution in [-0.2, 0) is 22.6 Å². The highest BCUT2D eigenvalue weighted by Gasteiger charge is 2.31. The summed E-state index contributed by atoms with van der Waals surface area (Å²) in [5.41, 5.74) is 2.92. The van der Waals surface area contributed by atoms with E-state index in [9.17, 15) is 9.59 Å². The van der Waals surface area contributed by atoms with Crippen LogP contribution in [-0.4, -0.2) is 35.4 Å². The largest absolute Gasteiger partial charge is 0.484 e. The van der Waals surface area contributed by atoms with E-state index in [1.54, 1.807) is 11.0 Å². The predicted molar refractivity (Wildman–Crippen MR) is 141 cm³/mol. The molecule has 0 bridgehead atoms. The topological polar surface area (TPSA) is 58.6 Å². The quantitative estimate of drug-likeness (QED) is 0.380. The van der Waals surface area contributed by atoms with E-state index in [1.807, 2.05) is 93.6 Å². The van der Waals surface area contributed by atoms with Gasteiger partial charge in [-0.1, -0.05) is 78.7 Å². The number of aryl methyl sites for hydroxylation is 1. The summed E-state index contributed by atoms with van der Waals surface area (Å²) in [4.78, 5) is 28.6. The van der Waals surface area contributed by atoms with Crippen LogP contribution in [0.3, 0.4) is 0 Å². The minimum atomic E-state index is -0.709. The first-order valence-electron chi connectivity index (χ1n) is 11.9. The monoisotopic (exact) mass is 492 g/mol. The summed E-state index contributed by atoms with van der Waals surface area (Å²) in [5.74, 6) is 0.148. The van der Waals surface area contributed by atoms with Gasteiger partial charge in [0.1, 0.15) is 11.8 Å². The molecule has 2 amide bonds. The van der Waals surface area contributed by atoms with Gasteiger partial charge in [-0.2, -0.15) is 0 Å². The average molecular weight is 493 g/mol. The number of nitrogens with zero attached hydrogens (tertiary/aromatic N) is 1. The third-order valence-corrected chi connectivity index (χ3v) is 6.13. The first-order valence-corrected chi connectivity index (χ1v) is 12.3. The Kier molecular flexibility index (Phi) is 9.74. The van der Waals surface area contributed by atoms with Crippen LogP contribution in [0.25, 0.3) is 0 Å². The zero-order chi connectivity index (χ0) is 25.2. The molecular formula is C29H33ClN2O3. The second-order valence-electron chi connectivity index (χ2n) is 8.78. The molecule has 1 N–H and O–H groups in total. The molecule has 0 radical (unpaired) electrons. The number of rotatable bonds is 11. The molecule has 0 fully saturated rings. The number of ether oxygens (including phenoxy) is 1. The lowest BCUT2D eigenvalue weighted by Crippen LogP contribution is -2.53. The highest BCUT2D eigenvalue weighted by atomic mass is 35.5. The summed E-state index contributed by atoms with van der Waals surface area (Å²) in [5, 5.41) is 3.64. The molecule has 0 aliphatic heterocycles. The number of carbonyl (C=O) groups is 2. The van der Waals surface area contributed by atoms with Crippen LogP contribution in [0.1, 0.15) is 37.0 Å². The molecule has 0 aromatic heterocycles. The van der Waals surface area contributed by atoms with Gasteiger partial charge in [-0.15, -0.1) is 0 Å². The van der Waals surface area contributed by atoms with Crippen molar-refractivity contribution in [3.8, 4) is 5.75 Å². The molecule has 0 saturated carbocycles. The van der Waals surface area contributed by atoms with Gasteiger partial charge in [0.2, 0.25) is 5.91 Å². The molecule has 0 aliphatic rings. The van der Waals surface area contributed by atoms with E-state index in [-0.39, 0.29) is 31.0 Å². The number of carbonyl (C=O) groups excluding carboxylic acids is 2. The van der Waals surface area contributed by atoms with Crippen LogP contribution in [0.4, 0.5) is 0 Å². The highest BCUT2D eigenvalue weighted by molar-refractivity contribution is 6.30. The summed E-state index contributed by atoms with van der Waals surface area (Å²) in [6, 6.07) is 23.9. The van der Waals surface area contributed by atoms with Gasteiger partial charge < -0.3 is 15.0 Å². The van der Waals surface area contributed by atoms with Crippen molar-refractivity contribution in [2.24, 2.45) is 0 Å². The second-order valence-corrected chi connectivity index (χ2v) is 9.21. The van der Waals surface area contributed by atoms with Gasteiger partial charge in [-0.25, -0.2) is 0 Å². The van der Waals surface area contributed by atoms with Crippen molar-refractivity contribution in [1.82, 2.24) is 10.2 Å². The van der Waals surface area contributed by atoms with Gasteiger partial charge in [0.15, 0.2) is 6.61 Å². The van der Waals surface area contributed by atoms with Crippen molar-refractivity contribution in [2.75, 3.05) is 6.61 Å². The highest BCUT2D eigenvalue weighted by Crippen LogP contribution is 2.19. The lowest BCUT2D eigenvalue weighted by Gasteiger charge is -2.32. The third kappa shape index (κ3) is 8.15. The molecule has 2 unspecified atom stereocenters. The molecular weight excluding hydrogens is 460 g/mol. The molecule has 0 heterocycles. The first-order chi connectivity index (χ1) is 16.9. The fraction of sp³-hybridized carbons (Fsp3) is 0.310. The molecule has 6 heteroatoms.